The number of hydrogen-bond donors (Lipinski definition) is 0. The summed E-state index contributed by atoms with van der Waals surface area (Å²) in [6, 6.07) is 1.83. The molecule has 0 saturated heterocycles. The summed E-state index contributed by atoms with van der Waals surface area (Å²) in [5.41, 5.74) is 0.888. The third kappa shape index (κ3) is 0.956. The summed E-state index contributed by atoms with van der Waals surface area (Å²) in [4.78, 5) is 23.7. The lowest BCUT2D eigenvalue weighted by atomic mass is 10.3. The lowest BCUT2D eigenvalue weighted by Gasteiger charge is -2.07. The lowest BCUT2D eigenvalue weighted by molar-refractivity contribution is 0.0842. The number of amides is 2. The maximum absolute atomic E-state index is 11.3. The van der Waals surface area contributed by atoms with Crippen LogP contribution in [0.5, 0.6) is 0 Å². The smallest absolute Gasteiger partial charge is 0.268 e. The zero-order valence-corrected chi connectivity index (χ0v) is 7.48. The van der Waals surface area contributed by atoms with Gasteiger partial charge in [0.25, 0.3) is 5.91 Å². The predicted octanol–water partition coefficient (Wildman–Crippen LogP) is 2.06. The Hall–Kier alpha value is -0.870. The molecule has 5 heteroatoms. The SMILES string of the molecule is O=C(Cl)N1Cc2ccsc2C1=O. The van der Waals surface area contributed by atoms with Gasteiger partial charge in [-0.15, -0.1) is 11.3 Å². The zero-order valence-electron chi connectivity index (χ0n) is 5.91. The molecule has 0 radical (unpaired) electrons. The molecule has 0 aromatic carbocycles. The van der Waals surface area contributed by atoms with Crippen LogP contribution in [-0.4, -0.2) is 16.2 Å². The molecule has 2 amide bonds. The molecule has 0 saturated carbocycles. The molecule has 0 spiro atoms. The molecular formula is C7H4ClNO2S. The van der Waals surface area contributed by atoms with Gasteiger partial charge in [-0.3, -0.25) is 14.5 Å². The summed E-state index contributed by atoms with van der Waals surface area (Å²) in [6.45, 7) is 0.319. The van der Waals surface area contributed by atoms with Crippen molar-refractivity contribution in [3.63, 3.8) is 0 Å². The molecule has 62 valence electrons. The average molecular weight is 202 g/mol. The van der Waals surface area contributed by atoms with Gasteiger partial charge in [-0.25, -0.2) is 0 Å². The fourth-order valence-corrected chi connectivity index (χ4v) is 2.15. The van der Waals surface area contributed by atoms with Gasteiger partial charge in [0.2, 0.25) is 0 Å². The maximum atomic E-state index is 11.3. The number of carbonyl (C=O) groups excluding carboxylic acids is 2. The molecule has 1 aromatic heterocycles. The highest BCUT2D eigenvalue weighted by molar-refractivity contribution is 7.12. The number of halogens is 1. The molecule has 1 aliphatic heterocycles. The fraction of sp³-hybridized carbons (Fsp3) is 0.143. The quantitative estimate of drug-likeness (QED) is 0.476. The summed E-state index contributed by atoms with van der Waals surface area (Å²) >= 11 is 6.54. The van der Waals surface area contributed by atoms with Gasteiger partial charge in [-0.1, -0.05) is 0 Å². The van der Waals surface area contributed by atoms with Gasteiger partial charge in [-0.2, -0.15) is 0 Å². The maximum Gasteiger partial charge on any atom is 0.323 e. The first-order valence-corrected chi connectivity index (χ1v) is 4.53. The van der Waals surface area contributed by atoms with Crippen LogP contribution < -0.4 is 0 Å². The standard InChI is InChI=1S/C7H4ClNO2S/c8-7(11)9-3-4-1-2-12-5(4)6(9)10/h1-2H,3H2. The van der Waals surface area contributed by atoms with Crippen molar-refractivity contribution in [3.05, 3.63) is 21.9 Å². The van der Waals surface area contributed by atoms with E-state index in [-0.39, 0.29) is 5.91 Å². The van der Waals surface area contributed by atoms with Crippen molar-refractivity contribution in [1.82, 2.24) is 4.90 Å². The minimum atomic E-state index is -0.705. The van der Waals surface area contributed by atoms with Crippen LogP contribution in [-0.2, 0) is 6.54 Å². The fourth-order valence-electron chi connectivity index (χ4n) is 1.15. The summed E-state index contributed by atoms with van der Waals surface area (Å²) in [5.74, 6) is -0.278. The average Bonchev–Trinajstić information content (AvgIpc) is 2.53. The van der Waals surface area contributed by atoms with Crippen molar-refractivity contribution in [2.24, 2.45) is 0 Å². The largest absolute Gasteiger partial charge is 0.323 e. The second-order valence-corrected chi connectivity index (χ2v) is 3.66. The van der Waals surface area contributed by atoms with Crippen LogP contribution in [0.4, 0.5) is 4.79 Å². The Bertz CT molecular complexity index is 360. The molecule has 0 N–H and O–H groups in total. The molecule has 0 aliphatic carbocycles. The van der Waals surface area contributed by atoms with E-state index < -0.39 is 5.37 Å². The molecular weight excluding hydrogens is 198 g/mol. The molecule has 2 rings (SSSR count). The van der Waals surface area contributed by atoms with E-state index in [1.165, 1.54) is 11.3 Å². The normalized spacial score (nSPS) is 15.1. The number of rotatable bonds is 0. The first kappa shape index (κ1) is 7.76. The van der Waals surface area contributed by atoms with Gasteiger partial charge in [0, 0.05) is 0 Å². The highest BCUT2D eigenvalue weighted by atomic mass is 35.5. The van der Waals surface area contributed by atoms with Gasteiger partial charge in [0.1, 0.15) is 0 Å². The van der Waals surface area contributed by atoms with E-state index in [0.29, 0.717) is 11.4 Å². The lowest BCUT2D eigenvalue weighted by Crippen LogP contribution is -2.25. The minimum Gasteiger partial charge on any atom is -0.268 e. The Morgan fingerprint density at radius 3 is 3.00 bits per heavy atom. The molecule has 0 atom stereocenters. The van der Waals surface area contributed by atoms with Crippen molar-refractivity contribution in [2.45, 2.75) is 6.54 Å². The van der Waals surface area contributed by atoms with Crippen molar-refractivity contribution >= 4 is 34.2 Å². The van der Waals surface area contributed by atoms with E-state index in [0.717, 1.165) is 10.5 Å². The molecule has 0 bridgehead atoms. The number of hydrogen-bond acceptors (Lipinski definition) is 3. The summed E-state index contributed by atoms with van der Waals surface area (Å²) < 4.78 is 0. The van der Waals surface area contributed by atoms with E-state index in [1.54, 1.807) is 0 Å². The van der Waals surface area contributed by atoms with E-state index in [1.807, 2.05) is 11.4 Å². The van der Waals surface area contributed by atoms with Crippen LogP contribution in [0.1, 0.15) is 15.2 Å². The first-order valence-electron chi connectivity index (χ1n) is 3.28. The van der Waals surface area contributed by atoms with Crippen LogP contribution in [0, 0.1) is 0 Å². The van der Waals surface area contributed by atoms with Crippen LogP contribution in [0.25, 0.3) is 0 Å². The third-order valence-electron chi connectivity index (χ3n) is 1.73. The number of nitrogens with zero attached hydrogens (tertiary/aromatic N) is 1. The van der Waals surface area contributed by atoms with Crippen molar-refractivity contribution in [2.75, 3.05) is 0 Å². The Labute approximate surface area is 77.5 Å². The van der Waals surface area contributed by atoms with Gasteiger partial charge in [0.05, 0.1) is 11.4 Å². The van der Waals surface area contributed by atoms with Crippen LogP contribution in [0.2, 0.25) is 0 Å². The number of thiophene rings is 1. The molecule has 12 heavy (non-hydrogen) atoms. The summed E-state index contributed by atoms with van der Waals surface area (Å²) in [6.07, 6.45) is 0. The first-order chi connectivity index (χ1) is 5.70. The topological polar surface area (TPSA) is 37.4 Å². The van der Waals surface area contributed by atoms with Gasteiger partial charge in [-0.05, 0) is 28.6 Å². The van der Waals surface area contributed by atoms with E-state index in [4.69, 9.17) is 11.6 Å². The van der Waals surface area contributed by atoms with Crippen LogP contribution in [0.3, 0.4) is 0 Å². The number of carbonyl (C=O) groups is 2. The molecule has 2 heterocycles. The highest BCUT2D eigenvalue weighted by Crippen LogP contribution is 2.28. The predicted molar refractivity (Wildman–Crippen MR) is 45.4 cm³/mol. The van der Waals surface area contributed by atoms with E-state index in [2.05, 4.69) is 0 Å². The Morgan fingerprint density at radius 2 is 2.42 bits per heavy atom. The highest BCUT2D eigenvalue weighted by Gasteiger charge is 2.31. The molecule has 3 nitrogen and oxygen atoms in total. The van der Waals surface area contributed by atoms with Crippen molar-refractivity contribution < 1.29 is 9.59 Å². The zero-order chi connectivity index (χ0) is 8.72. The number of fused-ring (bicyclic) bond motifs is 1. The van der Waals surface area contributed by atoms with Gasteiger partial charge in [0.15, 0.2) is 0 Å². The van der Waals surface area contributed by atoms with Gasteiger partial charge >= 0.3 is 5.37 Å². The molecule has 0 unspecified atom stereocenters. The van der Waals surface area contributed by atoms with Crippen LogP contribution in [0.15, 0.2) is 11.4 Å². The van der Waals surface area contributed by atoms with E-state index in [9.17, 15) is 9.59 Å². The second kappa shape index (κ2) is 2.57. The van der Waals surface area contributed by atoms with Crippen molar-refractivity contribution in [3.8, 4) is 0 Å². The summed E-state index contributed by atoms with van der Waals surface area (Å²) in [7, 11) is 0. The Kier molecular flexibility index (Phi) is 1.66. The molecule has 0 fully saturated rings. The number of imide groups is 1. The van der Waals surface area contributed by atoms with Crippen LogP contribution >= 0.6 is 22.9 Å². The molecule has 1 aromatic rings. The Balaban J connectivity index is 2.39. The van der Waals surface area contributed by atoms with E-state index >= 15 is 0 Å². The van der Waals surface area contributed by atoms with Crippen molar-refractivity contribution in [1.29, 1.82) is 0 Å². The second-order valence-electron chi connectivity index (χ2n) is 2.42. The summed E-state index contributed by atoms with van der Waals surface area (Å²) in [5, 5.41) is 1.13. The Morgan fingerprint density at radius 1 is 1.67 bits per heavy atom. The third-order valence-corrected chi connectivity index (χ3v) is 2.88. The molecule has 1 aliphatic rings. The van der Waals surface area contributed by atoms with Gasteiger partial charge < -0.3 is 0 Å². The monoisotopic (exact) mass is 201 g/mol. The minimum absolute atomic E-state index is 0.278.